The maximum Gasteiger partial charge on any atom is 0.171 e. The normalized spacial score (nSPS) is 33.9. The van der Waals surface area contributed by atoms with Gasteiger partial charge < -0.3 is 9.64 Å². The quantitative estimate of drug-likeness (QED) is 0.779. The van der Waals surface area contributed by atoms with Gasteiger partial charge in [-0.2, -0.15) is 0 Å². The van der Waals surface area contributed by atoms with E-state index in [1.165, 1.54) is 6.42 Å². The van der Waals surface area contributed by atoms with Crippen molar-refractivity contribution in [2.24, 2.45) is 17.3 Å². The summed E-state index contributed by atoms with van der Waals surface area (Å²) >= 11 is 0. The first-order chi connectivity index (χ1) is 8.93. The number of nitrogens with zero attached hydrogens (tertiary/aromatic N) is 1. The van der Waals surface area contributed by atoms with Crippen molar-refractivity contribution in [3.05, 3.63) is 0 Å². The summed E-state index contributed by atoms with van der Waals surface area (Å²) < 4.78 is 5.99. The third-order valence-corrected chi connectivity index (χ3v) is 5.21. The number of rotatable bonds is 2. The zero-order chi connectivity index (χ0) is 15.3. The standard InChI is InChI=1S/C17H31NO2/c1-15(2,3)12-8-9-18(10-12)11-13-14(19)17(6,7)20-16(13,4)5/h12-13H,8-11H2,1-7H3. The second kappa shape index (κ2) is 4.81. The molecule has 3 nitrogen and oxygen atoms in total. The molecule has 0 aromatic carbocycles. The van der Waals surface area contributed by atoms with E-state index in [0.29, 0.717) is 5.41 Å². The van der Waals surface area contributed by atoms with Gasteiger partial charge in [-0.1, -0.05) is 20.8 Å². The average molecular weight is 281 g/mol. The lowest BCUT2D eigenvalue weighted by molar-refractivity contribution is -0.132. The second-order valence-electron chi connectivity index (χ2n) is 8.74. The lowest BCUT2D eigenvalue weighted by Gasteiger charge is -2.30. The Kier molecular flexibility index (Phi) is 3.84. The average Bonchev–Trinajstić information content (AvgIpc) is 2.75. The highest BCUT2D eigenvalue weighted by Gasteiger charge is 2.53. The van der Waals surface area contributed by atoms with Crippen LogP contribution in [0.25, 0.3) is 0 Å². The van der Waals surface area contributed by atoms with E-state index < -0.39 is 5.60 Å². The van der Waals surface area contributed by atoms with Crippen molar-refractivity contribution in [2.45, 2.75) is 66.1 Å². The lowest BCUT2D eigenvalue weighted by Crippen LogP contribution is -2.40. The third-order valence-electron chi connectivity index (χ3n) is 5.21. The first kappa shape index (κ1) is 16.0. The van der Waals surface area contributed by atoms with Gasteiger partial charge in [0, 0.05) is 13.1 Å². The van der Waals surface area contributed by atoms with E-state index in [1.54, 1.807) is 0 Å². The Morgan fingerprint density at radius 3 is 2.25 bits per heavy atom. The topological polar surface area (TPSA) is 29.5 Å². The second-order valence-corrected chi connectivity index (χ2v) is 8.74. The molecule has 0 aromatic rings. The predicted octanol–water partition coefficient (Wildman–Crippen LogP) is 3.13. The molecular formula is C17H31NO2. The van der Waals surface area contributed by atoms with E-state index in [2.05, 4.69) is 39.5 Å². The Balaban J connectivity index is 2.03. The summed E-state index contributed by atoms with van der Waals surface area (Å²) in [6.07, 6.45) is 1.25. The van der Waals surface area contributed by atoms with Gasteiger partial charge in [-0.05, 0) is 52.0 Å². The minimum Gasteiger partial charge on any atom is -0.361 e. The van der Waals surface area contributed by atoms with Crippen LogP contribution in [0, 0.1) is 17.3 Å². The Morgan fingerprint density at radius 1 is 1.25 bits per heavy atom. The first-order valence-corrected chi connectivity index (χ1v) is 7.90. The molecule has 2 rings (SSSR count). The van der Waals surface area contributed by atoms with Crippen LogP contribution in [-0.2, 0) is 9.53 Å². The summed E-state index contributed by atoms with van der Waals surface area (Å²) in [6, 6.07) is 0. The fourth-order valence-corrected chi connectivity index (χ4v) is 3.78. The van der Waals surface area contributed by atoms with Crippen LogP contribution in [-0.4, -0.2) is 41.5 Å². The van der Waals surface area contributed by atoms with E-state index in [9.17, 15) is 4.79 Å². The van der Waals surface area contributed by atoms with Gasteiger partial charge in [0.25, 0.3) is 0 Å². The molecule has 2 aliphatic rings. The summed E-state index contributed by atoms with van der Waals surface area (Å²) in [5.41, 5.74) is -0.614. The van der Waals surface area contributed by atoms with Crippen LogP contribution < -0.4 is 0 Å². The number of ketones is 1. The molecular weight excluding hydrogens is 250 g/mol. The van der Waals surface area contributed by atoms with Crippen LogP contribution in [0.15, 0.2) is 0 Å². The predicted molar refractivity (Wildman–Crippen MR) is 81.7 cm³/mol. The summed E-state index contributed by atoms with van der Waals surface area (Å²) in [6.45, 7) is 17.9. The molecule has 0 bridgehead atoms. The molecule has 2 saturated heterocycles. The van der Waals surface area contributed by atoms with Crippen molar-refractivity contribution in [3.63, 3.8) is 0 Å². The van der Waals surface area contributed by atoms with Crippen molar-refractivity contribution < 1.29 is 9.53 Å². The molecule has 20 heavy (non-hydrogen) atoms. The van der Waals surface area contributed by atoms with Crippen molar-refractivity contribution in [3.8, 4) is 0 Å². The minimum atomic E-state index is -0.628. The van der Waals surface area contributed by atoms with Crippen LogP contribution in [0.2, 0.25) is 0 Å². The van der Waals surface area contributed by atoms with E-state index in [-0.39, 0.29) is 17.3 Å². The van der Waals surface area contributed by atoms with Crippen LogP contribution >= 0.6 is 0 Å². The highest BCUT2D eigenvalue weighted by atomic mass is 16.5. The van der Waals surface area contributed by atoms with Crippen LogP contribution in [0.4, 0.5) is 0 Å². The van der Waals surface area contributed by atoms with Crippen molar-refractivity contribution in [1.82, 2.24) is 4.90 Å². The van der Waals surface area contributed by atoms with Gasteiger partial charge in [0.15, 0.2) is 5.78 Å². The van der Waals surface area contributed by atoms with Gasteiger partial charge in [0.2, 0.25) is 0 Å². The molecule has 3 heteroatoms. The Bertz CT molecular complexity index is 392. The first-order valence-electron chi connectivity index (χ1n) is 7.90. The van der Waals surface area contributed by atoms with E-state index in [1.807, 2.05) is 13.8 Å². The van der Waals surface area contributed by atoms with Crippen LogP contribution in [0.3, 0.4) is 0 Å². The van der Waals surface area contributed by atoms with Gasteiger partial charge in [-0.15, -0.1) is 0 Å². The molecule has 0 radical (unpaired) electrons. The molecule has 0 amide bonds. The lowest BCUT2D eigenvalue weighted by atomic mass is 9.80. The van der Waals surface area contributed by atoms with Gasteiger partial charge in [0.1, 0.15) is 5.60 Å². The zero-order valence-corrected chi connectivity index (χ0v) is 14.2. The number of carbonyl (C=O) groups excluding carboxylic acids is 1. The molecule has 116 valence electrons. The number of hydrogen-bond acceptors (Lipinski definition) is 3. The summed E-state index contributed by atoms with van der Waals surface area (Å²) in [5.74, 6) is 0.994. The molecule has 2 aliphatic heterocycles. The van der Waals surface area contributed by atoms with Gasteiger partial charge in [-0.3, -0.25) is 4.79 Å². The fraction of sp³-hybridized carbons (Fsp3) is 0.941. The largest absolute Gasteiger partial charge is 0.361 e. The van der Waals surface area contributed by atoms with Crippen molar-refractivity contribution in [1.29, 1.82) is 0 Å². The molecule has 2 heterocycles. The Labute approximate surface area is 124 Å². The van der Waals surface area contributed by atoms with Crippen molar-refractivity contribution >= 4 is 5.78 Å². The smallest absolute Gasteiger partial charge is 0.171 e. The van der Waals surface area contributed by atoms with Gasteiger partial charge >= 0.3 is 0 Å². The van der Waals surface area contributed by atoms with E-state index in [0.717, 1.165) is 25.6 Å². The number of Topliss-reactive ketones (excluding diaryl/α,β-unsaturated/α-hetero) is 1. The van der Waals surface area contributed by atoms with Crippen LogP contribution in [0.5, 0.6) is 0 Å². The van der Waals surface area contributed by atoms with E-state index >= 15 is 0 Å². The monoisotopic (exact) mass is 281 g/mol. The number of carbonyl (C=O) groups is 1. The van der Waals surface area contributed by atoms with Crippen molar-refractivity contribution in [2.75, 3.05) is 19.6 Å². The maximum absolute atomic E-state index is 12.6. The zero-order valence-electron chi connectivity index (χ0n) is 14.2. The Morgan fingerprint density at radius 2 is 1.85 bits per heavy atom. The maximum atomic E-state index is 12.6. The molecule has 2 unspecified atom stereocenters. The molecule has 0 N–H and O–H groups in total. The highest BCUT2D eigenvalue weighted by Crippen LogP contribution is 2.41. The summed E-state index contributed by atoms with van der Waals surface area (Å²) in [7, 11) is 0. The van der Waals surface area contributed by atoms with Gasteiger partial charge in [0.05, 0.1) is 11.5 Å². The number of likely N-dealkylation sites (tertiary alicyclic amines) is 1. The van der Waals surface area contributed by atoms with Gasteiger partial charge in [-0.25, -0.2) is 0 Å². The minimum absolute atomic E-state index is 0.00350. The molecule has 0 aliphatic carbocycles. The summed E-state index contributed by atoms with van der Waals surface area (Å²) in [5, 5.41) is 0. The molecule has 0 spiro atoms. The summed E-state index contributed by atoms with van der Waals surface area (Å²) in [4.78, 5) is 15.0. The highest BCUT2D eigenvalue weighted by molar-refractivity contribution is 5.91. The number of ether oxygens (including phenoxy) is 1. The van der Waals surface area contributed by atoms with Crippen LogP contribution in [0.1, 0.15) is 54.9 Å². The fourth-order valence-electron chi connectivity index (χ4n) is 3.78. The number of hydrogen-bond donors (Lipinski definition) is 0. The molecule has 0 aromatic heterocycles. The van der Waals surface area contributed by atoms with E-state index in [4.69, 9.17) is 4.74 Å². The molecule has 2 atom stereocenters. The molecule has 0 saturated carbocycles. The SMILES string of the molecule is CC1(C)OC(C)(C)C(CN2CCC(C(C)(C)C)C2)C1=O. The molecule has 2 fully saturated rings. The third kappa shape index (κ3) is 2.94. The Hall–Kier alpha value is -0.410.